The molecule has 5 nitrogen and oxygen atoms in total. The summed E-state index contributed by atoms with van der Waals surface area (Å²) in [7, 11) is 1.41. The Morgan fingerprint density at radius 2 is 2.37 bits per heavy atom. The van der Waals surface area contributed by atoms with Gasteiger partial charge in [0.25, 0.3) is 0 Å². The molecule has 0 aromatic rings. The zero-order valence-corrected chi connectivity index (χ0v) is 11.6. The van der Waals surface area contributed by atoms with Crippen LogP contribution >= 0.6 is 0 Å². The van der Waals surface area contributed by atoms with Crippen LogP contribution in [0, 0.1) is 5.92 Å². The molecule has 2 heterocycles. The molecule has 2 aliphatic rings. The molecule has 2 saturated heterocycles. The molecule has 0 aliphatic carbocycles. The number of methoxy groups -OCH3 is 1. The second-order valence-corrected chi connectivity index (χ2v) is 5.13. The molecule has 2 fully saturated rings. The van der Waals surface area contributed by atoms with Crippen LogP contribution < -0.4 is 5.32 Å². The maximum atomic E-state index is 11.7. The average Bonchev–Trinajstić information content (AvgIpc) is 2.82. The lowest BCUT2D eigenvalue weighted by Crippen LogP contribution is -2.45. The van der Waals surface area contributed by atoms with E-state index in [2.05, 4.69) is 10.2 Å². The number of ether oxygens (including phenoxy) is 1. The van der Waals surface area contributed by atoms with Gasteiger partial charge in [-0.3, -0.25) is 9.69 Å². The average molecular weight is 266 g/mol. The number of nitrogens with one attached hydrogen (secondary N) is 1. The summed E-state index contributed by atoms with van der Waals surface area (Å²) in [6.07, 6.45) is 4.64. The smallest absolute Gasteiger partial charge is 0.333 e. The molecule has 0 aromatic carbocycles. The minimum absolute atomic E-state index is 0.130. The molecule has 2 atom stereocenters. The first kappa shape index (κ1) is 14.1. The predicted molar refractivity (Wildman–Crippen MR) is 71.5 cm³/mol. The summed E-state index contributed by atoms with van der Waals surface area (Å²) >= 11 is 0. The van der Waals surface area contributed by atoms with Crippen LogP contribution in [0.1, 0.15) is 26.2 Å². The third-order valence-corrected chi connectivity index (χ3v) is 4.12. The molecule has 0 bridgehead atoms. The summed E-state index contributed by atoms with van der Waals surface area (Å²) in [5, 5.41) is 2.93. The van der Waals surface area contributed by atoms with Gasteiger partial charge in [-0.05, 0) is 25.8 Å². The highest BCUT2D eigenvalue weighted by molar-refractivity contribution is 5.88. The summed E-state index contributed by atoms with van der Waals surface area (Å²) in [4.78, 5) is 25.5. The maximum absolute atomic E-state index is 11.7. The van der Waals surface area contributed by atoms with E-state index in [0.717, 1.165) is 25.9 Å². The van der Waals surface area contributed by atoms with Crippen LogP contribution in [0.4, 0.5) is 0 Å². The first-order valence-electron chi connectivity index (χ1n) is 6.96. The number of carbonyl (C=O) groups is 2. The van der Waals surface area contributed by atoms with Crippen molar-refractivity contribution in [3.63, 3.8) is 0 Å². The summed E-state index contributed by atoms with van der Waals surface area (Å²) in [5.41, 5.74) is 0.710. The minimum atomic E-state index is -0.253. The monoisotopic (exact) mass is 266 g/mol. The van der Waals surface area contributed by atoms with Gasteiger partial charge in [-0.1, -0.05) is 13.0 Å². The molecular formula is C14H22N2O3. The normalized spacial score (nSPS) is 27.9. The molecule has 2 unspecified atom stereocenters. The molecule has 1 N–H and O–H groups in total. The Balaban J connectivity index is 2.00. The molecule has 2 aliphatic heterocycles. The summed E-state index contributed by atoms with van der Waals surface area (Å²) in [5.74, 6) is 0.0596. The van der Waals surface area contributed by atoms with Crippen LogP contribution in [0.3, 0.4) is 0 Å². The van der Waals surface area contributed by atoms with Gasteiger partial charge in [0.1, 0.15) is 0 Å². The summed E-state index contributed by atoms with van der Waals surface area (Å²) < 4.78 is 4.75. The first-order chi connectivity index (χ1) is 9.17. The number of amides is 1. The van der Waals surface area contributed by atoms with E-state index in [-0.39, 0.29) is 23.8 Å². The fourth-order valence-electron chi connectivity index (χ4n) is 3.00. The van der Waals surface area contributed by atoms with Crippen molar-refractivity contribution in [3.05, 3.63) is 11.6 Å². The number of esters is 1. The zero-order chi connectivity index (χ0) is 13.8. The molecule has 2 rings (SSSR count). The molecule has 106 valence electrons. The van der Waals surface area contributed by atoms with Gasteiger partial charge in [-0.25, -0.2) is 4.79 Å². The Labute approximate surface area is 114 Å². The van der Waals surface area contributed by atoms with E-state index in [9.17, 15) is 9.59 Å². The highest BCUT2D eigenvalue weighted by atomic mass is 16.5. The van der Waals surface area contributed by atoms with E-state index < -0.39 is 0 Å². The van der Waals surface area contributed by atoms with Crippen molar-refractivity contribution in [2.75, 3.05) is 26.7 Å². The first-order valence-corrected chi connectivity index (χ1v) is 6.96. The van der Waals surface area contributed by atoms with Gasteiger partial charge in [0.2, 0.25) is 5.91 Å². The van der Waals surface area contributed by atoms with Gasteiger partial charge in [0.15, 0.2) is 0 Å². The predicted octanol–water partition coefficient (Wildman–Crippen LogP) is 0.706. The van der Waals surface area contributed by atoms with Gasteiger partial charge in [-0.2, -0.15) is 0 Å². The third-order valence-electron chi connectivity index (χ3n) is 4.12. The van der Waals surface area contributed by atoms with Crippen molar-refractivity contribution in [1.82, 2.24) is 10.2 Å². The standard InChI is InChI=1S/C14H22N2O3/c1-3-10(14(18)19-2)6-8-16-7-4-5-11-12(16)9-15-13(11)17/h6,11-12H,3-5,7-9H2,1-2H3,(H,15,17). The highest BCUT2D eigenvalue weighted by Gasteiger charge is 2.40. The van der Waals surface area contributed by atoms with Crippen LogP contribution in [0.5, 0.6) is 0 Å². The molecular weight excluding hydrogens is 244 g/mol. The number of hydrogen-bond donors (Lipinski definition) is 1. The number of carbonyl (C=O) groups excluding carboxylic acids is 2. The number of rotatable bonds is 4. The van der Waals surface area contributed by atoms with Crippen LogP contribution in [-0.4, -0.2) is 49.6 Å². The van der Waals surface area contributed by atoms with Gasteiger partial charge in [0, 0.05) is 24.7 Å². The lowest BCUT2D eigenvalue weighted by atomic mass is 9.91. The number of likely N-dealkylation sites (tertiary alicyclic amines) is 1. The Hall–Kier alpha value is -1.36. The van der Waals surface area contributed by atoms with E-state index >= 15 is 0 Å². The Kier molecular flexibility index (Phi) is 4.58. The fourth-order valence-corrected chi connectivity index (χ4v) is 3.00. The van der Waals surface area contributed by atoms with Gasteiger partial charge >= 0.3 is 5.97 Å². The molecule has 19 heavy (non-hydrogen) atoms. The summed E-state index contributed by atoms with van der Waals surface area (Å²) in [6.45, 7) is 4.39. The van der Waals surface area contributed by atoms with E-state index in [1.807, 2.05) is 13.0 Å². The number of nitrogens with zero attached hydrogens (tertiary/aromatic N) is 1. The molecule has 0 saturated carbocycles. The van der Waals surface area contributed by atoms with Crippen molar-refractivity contribution < 1.29 is 14.3 Å². The highest BCUT2D eigenvalue weighted by Crippen LogP contribution is 2.27. The van der Waals surface area contributed by atoms with Crippen molar-refractivity contribution in [2.45, 2.75) is 32.2 Å². The maximum Gasteiger partial charge on any atom is 0.333 e. The topological polar surface area (TPSA) is 58.6 Å². The van der Waals surface area contributed by atoms with Crippen molar-refractivity contribution in [2.24, 2.45) is 5.92 Å². The molecule has 0 aromatic heterocycles. The van der Waals surface area contributed by atoms with Crippen LogP contribution in [0.2, 0.25) is 0 Å². The van der Waals surface area contributed by atoms with Gasteiger partial charge < -0.3 is 10.1 Å². The van der Waals surface area contributed by atoms with Crippen LogP contribution in [0.15, 0.2) is 11.6 Å². The molecule has 0 spiro atoms. The van der Waals surface area contributed by atoms with E-state index in [0.29, 0.717) is 18.5 Å². The SMILES string of the molecule is CCC(=CCN1CCCC2C(=O)NCC21)C(=O)OC. The van der Waals surface area contributed by atoms with Crippen molar-refractivity contribution >= 4 is 11.9 Å². The number of fused-ring (bicyclic) bond motifs is 1. The Morgan fingerprint density at radius 3 is 3.05 bits per heavy atom. The second kappa shape index (κ2) is 6.19. The number of hydrogen-bond acceptors (Lipinski definition) is 4. The number of piperidine rings is 1. The molecule has 5 heteroatoms. The minimum Gasteiger partial charge on any atom is -0.466 e. The quantitative estimate of drug-likeness (QED) is 0.601. The van der Waals surface area contributed by atoms with Crippen LogP contribution in [0.25, 0.3) is 0 Å². The van der Waals surface area contributed by atoms with Gasteiger partial charge in [-0.15, -0.1) is 0 Å². The zero-order valence-electron chi connectivity index (χ0n) is 11.6. The van der Waals surface area contributed by atoms with Gasteiger partial charge in [0.05, 0.1) is 13.0 Å². The molecule has 0 radical (unpaired) electrons. The summed E-state index contributed by atoms with van der Waals surface area (Å²) in [6, 6.07) is 0.285. The van der Waals surface area contributed by atoms with Crippen LogP contribution in [-0.2, 0) is 14.3 Å². The second-order valence-electron chi connectivity index (χ2n) is 5.13. The van der Waals surface area contributed by atoms with Crippen molar-refractivity contribution in [3.8, 4) is 0 Å². The van der Waals surface area contributed by atoms with E-state index in [1.54, 1.807) is 0 Å². The lowest BCUT2D eigenvalue weighted by molar-refractivity contribution is -0.136. The lowest BCUT2D eigenvalue weighted by Gasteiger charge is -2.35. The Morgan fingerprint density at radius 1 is 1.58 bits per heavy atom. The van der Waals surface area contributed by atoms with Crippen molar-refractivity contribution in [1.29, 1.82) is 0 Å². The largest absolute Gasteiger partial charge is 0.466 e. The van der Waals surface area contributed by atoms with E-state index in [1.165, 1.54) is 7.11 Å². The third kappa shape index (κ3) is 2.97. The Bertz CT molecular complexity index is 392. The fraction of sp³-hybridized carbons (Fsp3) is 0.714. The molecule has 1 amide bonds. The van der Waals surface area contributed by atoms with E-state index in [4.69, 9.17) is 4.74 Å².